The molecule has 0 bridgehead atoms. The van der Waals surface area contributed by atoms with Gasteiger partial charge in [-0.25, -0.2) is 0 Å². The number of amides is 1. The number of hydrogen-bond donors (Lipinski definition) is 1. The van der Waals surface area contributed by atoms with E-state index >= 15 is 0 Å². The van der Waals surface area contributed by atoms with Gasteiger partial charge in [0.2, 0.25) is 5.91 Å². The first-order valence-electron chi connectivity index (χ1n) is 9.53. The first-order chi connectivity index (χ1) is 11.9. The molecule has 2 atom stereocenters. The van der Waals surface area contributed by atoms with Crippen LogP contribution in [0.1, 0.15) is 42.4 Å². The molecule has 4 nitrogen and oxygen atoms in total. The van der Waals surface area contributed by atoms with Crippen LogP contribution < -0.4 is 0 Å². The van der Waals surface area contributed by atoms with E-state index in [1.54, 1.807) is 0 Å². The largest absolute Gasteiger partial charge is 0.396 e. The highest BCUT2D eigenvalue weighted by Crippen LogP contribution is 2.25. The van der Waals surface area contributed by atoms with Crippen molar-refractivity contribution >= 4 is 5.91 Å². The number of piperidine rings is 1. The SMILES string of the molecule is Cc1ccc(CCC(=O)N2CC[C@@H](N(C)C)[C@@H](CCCO)C2)cc1C. The summed E-state index contributed by atoms with van der Waals surface area (Å²) < 4.78 is 0. The summed E-state index contributed by atoms with van der Waals surface area (Å²) in [4.78, 5) is 17.0. The maximum Gasteiger partial charge on any atom is 0.222 e. The Morgan fingerprint density at radius 2 is 2.04 bits per heavy atom. The standard InChI is InChI=1S/C21H34N2O2/c1-16-7-8-18(14-17(16)2)9-10-21(25)23-12-11-20(22(3)4)19(15-23)6-5-13-24/h7-8,14,19-20,24H,5-6,9-13,15H2,1-4H3/t19-,20+/m0/s1. The number of likely N-dealkylation sites (tertiary alicyclic amines) is 1. The monoisotopic (exact) mass is 346 g/mol. The van der Waals surface area contributed by atoms with Crippen LogP contribution in [0, 0.1) is 19.8 Å². The molecule has 1 aliphatic rings. The Labute approximate surface area is 152 Å². The predicted octanol–water partition coefficient (Wildman–Crippen LogP) is 2.79. The molecule has 140 valence electrons. The van der Waals surface area contributed by atoms with Gasteiger partial charge < -0.3 is 14.9 Å². The topological polar surface area (TPSA) is 43.8 Å². The summed E-state index contributed by atoms with van der Waals surface area (Å²) in [5, 5.41) is 9.15. The Hall–Kier alpha value is -1.39. The van der Waals surface area contributed by atoms with E-state index in [-0.39, 0.29) is 12.5 Å². The van der Waals surface area contributed by atoms with Gasteiger partial charge in [0.15, 0.2) is 0 Å². The molecule has 1 heterocycles. The molecule has 25 heavy (non-hydrogen) atoms. The lowest BCUT2D eigenvalue weighted by molar-refractivity contribution is -0.134. The fraction of sp³-hybridized carbons (Fsp3) is 0.667. The van der Waals surface area contributed by atoms with Crippen LogP contribution in [0.25, 0.3) is 0 Å². The zero-order valence-electron chi connectivity index (χ0n) is 16.3. The van der Waals surface area contributed by atoms with Gasteiger partial charge in [-0.15, -0.1) is 0 Å². The zero-order valence-corrected chi connectivity index (χ0v) is 16.3. The molecule has 1 fully saturated rings. The number of aliphatic hydroxyl groups is 1. The molecule has 2 rings (SSSR count). The first kappa shape index (κ1) is 19.9. The van der Waals surface area contributed by atoms with Crippen molar-refractivity contribution in [1.29, 1.82) is 0 Å². The van der Waals surface area contributed by atoms with Crippen molar-refractivity contribution in [1.82, 2.24) is 9.80 Å². The minimum absolute atomic E-state index is 0.234. The highest BCUT2D eigenvalue weighted by atomic mass is 16.2. The molecule has 1 amide bonds. The normalized spacial score (nSPS) is 21.0. The van der Waals surface area contributed by atoms with E-state index in [0.717, 1.165) is 38.8 Å². The van der Waals surface area contributed by atoms with Crippen LogP contribution in [-0.4, -0.2) is 60.6 Å². The Morgan fingerprint density at radius 3 is 2.68 bits per heavy atom. The van der Waals surface area contributed by atoms with Crippen molar-refractivity contribution in [3.8, 4) is 0 Å². The maximum atomic E-state index is 12.7. The molecule has 1 N–H and O–H groups in total. The Bertz CT molecular complexity index is 571. The Balaban J connectivity index is 1.91. The fourth-order valence-corrected chi connectivity index (χ4v) is 3.93. The van der Waals surface area contributed by atoms with E-state index < -0.39 is 0 Å². The molecular weight excluding hydrogens is 312 g/mol. The number of carbonyl (C=O) groups excluding carboxylic acids is 1. The lowest BCUT2D eigenvalue weighted by atomic mass is 9.87. The van der Waals surface area contributed by atoms with Crippen LogP contribution in [0.4, 0.5) is 0 Å². The van der Waals surface area contributed by atoms with Crippen LogP contribution >= 0.6 is 0 Å². The Morgan fingerprint density at radius 1 is 1.28 bits per heavy atom. The molecular formula is C21H34N2O2. The van der Waals surface area contributed by atoms with Crippen molar-refractivity contribution in [3.05, 3.63) is 34.9 Å². The van der Waals surface area contributed by atoms with E-state index in [0.29, 0.717) is 18.4 Å². The highest BCUT2D eigenvalue weighted by Gasteiger charge is 2.31. The van der Waals surface area contributed by atoms with Crippen LogP contribution in [0.3, 0.4) is 0 Å². The molecule has 0 spiro atoms. The van der Waals surface area contributed by atoms with E-state index in [9.17, 15) is 4.79 Å². The average molecular weight is 347 g/mol. The molecule has 0 aliphatic carbocycles. The van der Waals surface area contributed by atoms with Crippen molar-refractivity contribution in [3.63, 3.8) is 0 Å². The summed E-state index contributed by atoms with van der Waals surface area (Å²) in [7, 11) is 4.24. The highest BCUT2D eigenvalue weighted by molar-refractivity contribution is 5.76. The number of carbonyl (C=O) groups is 1. The van der Waals surface area contributed by atoms with Gasteiger partial charge in [-0.05, 0) is 76.2 Å². The van der Waals surface area contributed by atoms with Crippen LogP contribution in [0.15, 0.2) is 18.2 Å². The second-order valence-corrected chi connectivity index (χ2v) is 7.70. The lowest BCUT2D eigenvalue weighted by Gasteiger charge is -2.41. The Kier molecular flexibility index (Phi) is 7.45. The van der Waals surface area contributed by atoms with Gasteiger partial charge in [0.25, 0.3) is 0 Å². The van der Waals surface area contributed by atoms with Crippen LogP contribution in [0.2, 0.25) is 0 Å². The first-order valence-corrected chi connectivity index (χ1v) is 9.53. The fourth-order valence-electron chi connectivity index (χ4n) is 3.93. The van der Waals surface area contributed by atoms with Gasteiger partial charge in [-0.2, -0.15) is 0 Å². The summed E-state index contributed by atoms with van der Waals surface area (Å²) in [6.45, 7) is 6.15. The molecule has 0 saturated carbocycles. The number of nitrogens with zero attached hydrogens (tertiary/aromatic N) is 2. The summed E-state index contributed by atoms with van der Waals surface area (Å²) in [5.41, 5.74) is 3.84. The third-order valence-electron chi connectivity index (χ3n) is 5.64. The minimum Gasteiger partial charge on any atom is -0.396 e. The van der Waals surface area contributed by atoms with Crippen molar-refractivity contribution < 1.29 is 9.90 Å². The van der Waals surface area contributed by atoms with Crippen LogP contribution in [-0.2, 0) is 11.2 Å². The van der Waals surface area contributed by atoms with Gasteiger partial charge in [0, 0.05) is 32.2 Å². The van der Waals surface area contributed by atoms with Gasteiger partial charge in [-0.1, -0.05) is 18.2 Å². The van der Waals surface area contributed by atoms with E-state index in [2.05, 4.69) is 51.0 Å². The third-order valence-corrected chi connectivity index (χ3v) is 5.64. The van der Waals surface area contributed by atoms with E-state index in [4.69, 9.17) is 5.11 Å². The molecule has 0 radical (unpaired) electrons. The molecule has 1 aromatic carbocycles. The van der Waals surface area contributed by atoms with Crippen molar-refractivity contribution in [2.24, 2.45) is 5.92 Å². The van der Waals surface area contributed by atoms with Gasteiger partial charge in [0.05, 0.1) is 0 Å². The van der Waals surface area contributed by atoms with Crippen molar-refractivity contribution in [2.75, 3.05) is 33.8 Å². The summed E-state index contributed by atoms with van der Waals surface area (Å²) in [6, 6.07) is 6.99. The molecule has 1 aromatic rings. The van der Waals surface area contributed by atoms with Crippen LogP contribution in [0.5, 0.6) is 0 Å². The smallest absolute Gasteiger partial charge is 0.222 e. The number of hydrogen-bond acceptors (Lipinski definition) is 3. The predicted molar refractivity (Wildman–Crippen MR) is 103 cm³/mol. The summed E-state index contributed by atoms with van der Waals surface area (Å²) in [5.74, 6) is 0.728. The van der Waals surface area contributed by atoms with Gasteiger partial charge in [0.1, 0.15) is 0 Å². The molecule has 0 unspecified atom stereocenters. The van der Waals surface area contributed by atoms with Gasteiger partial charge in [-0.3, -0.25) is 4.79 Å². The number of aryl methyl sites for hydroxylation is 3. The third kappa shape index (κ3) is 5.55. The van der Waals surface area contributed by atoms with E-state index in [1.807, 2.05) is 4.90 Å². The average Bonchev–Trinajstić information content (AvgIpc) is 2.60. The van der Waals surface area contributed by atoms with E-state index in [1.165, 1.54) is 16.7 Å². The van der Waals surface area contributed by atoms with Crippen molar-refractivity contribution in [2.45, 2.75) is 52.0 Å². The number of benzene rings is 1. The number of rotatable bonds is 7. The second-order valence-electron chi connectivity index (χ2n) is 7.70. The second kappa shape index (κ2) is 9.35. The molecule has 1 saturated heterocycles. The molecule has 4 heteroatoms. The zero-order chi connectivity index (χ0) is 18.4. The molecule has 0 aromatic heterocycles. The lowest BCUT2D eigenvalue weighted by Crippen LogP contribution is -2.50. The summed E-state index contributed by atoms with van der Waals surface area (Å²) >= 11 is 0. The van der Waals surface area contributed by atoms with Gasteiger partial charge >= 0.3 is 0 Å². The maximum absolute atomic E-state index is 12.7. The molecule has 1 aliphatic heterocycles. The minimum atomic E-state index is 0.234. The number of aliphatic hydroxyl groups excluding tert-OH is 1. The quantitative estimate of drug-likeness (QED) is 0.826. The summed E-state index contributed by atoms with van der Waals surface area (Å²) in [6.07, 6.45) is 4.23.